The Bertz CT molecular complexity index is 467. The summed E-state index contributed by atoms with van der Waals surface area (Å²) < 4.78 is 1.07. The topological polar surface area (TPSA) is 51.8 Å². The van der Waals surface area contributed by atoms with Crippen molar-refractivity contribution in [3.8, 4) is 10.6 Å². The molecule has 1 aromatic carbocycles. The first-order valence-corrected chi connectivity index (χ1v) is 5.63. The number of halogens is 1. The largest absolute Gasteiger partial charge is 0.374 e. The molecule has 5 heteroatoms. The molecule has 0 saturated carbocycles. The van der Waals surface area contributed by atoms with E-state index in [-0.39, 0.29) is 0 Å². The van der Waals surface area contributed by atoms with Crippen LogP contribution in [0.1, 0.15) is 5.56 Å². The van der Waals surface area contributed by atoms with Gasteiger partial charge in [0, 0.05) is 10.0 Å². The predicted octanol–water partition coefficient (Wildman–Crippen LogP) is 2.86. The number of aromatic nitrogens is 2. The minimum atomic E-state index is 0.497. The van der Waals surface area contributed by atoms with E-state index in [9.17, 15) is 0 Å². The SMILES string of the molecule is Cc1ccc(-c2nnc(N)s2)cc1Br. The molecule has 0 aliphatic heterocycles. The first-order valence-electron chi connectivity index (χ1n) is 4.02. The van der Waals surface area contributed by atoms with Crippen LogP contribution in [0.3, 0.4) is 0 Å². The fourth-order valence-corrected chi connectivity index (χ4v) is 2.06. The van der Waals surface area contributed by atoms with Crippen molar-refractivity contribution in [1.82, 2.24) is 10.2 Å². The summed E-state index contributed by atoms with van der Waals surface area (Å²) in [6, 6.07) is 6.08. The van der Waals surface area contributed by atoms with E-state index < -0.39 is 0 Å². The Morgan fingerprint density at radius 3 is 2.71 bits per heavy atom. The zero-order valence-electron chi connectivity index (χ0n) is 7.49. The molecule has 0 atom stereocenters. The molecule has 2 N–H and O–H groups in total. The zero-order valence-corrected chi connectivity index (χ0v) is 9.89. The van der Waals surface area contributed by atoms with Gasteiger partial charge >= 0.3 is 0 Å². The van der Waals surface area contributed by atoms with Gasteiger partial charge in [-0.3, -0.25) is 0 Å². The minimum Gasteiger partial charge on any atom is -0.374 e. The molecule has 2 aromatic rings. The van der Waals surface area contributed by atoms with Gasteiger partial charge in [0.05, 0.1) is 0 Å². The third-order valence-corrected chi connectivity index (χ3v) is 3.52. The molecule has 0 spiro atoms. The van der Waals surface area contributed by atoms with Crippen LogP contribution >= 0.6 is 27.3 Å². The number of hydrogen-bond acceptors (Lipinski definition) is 4. The maximum Gasteiger partial charge on any atom is 0.203 e. The highest BCUT2D eigenvalue weighted by Gasteiger charge is 2.05. The first kappa shape index (κ1) is 9.61. The quantitative estimate of drug-likeness (QED) is 0.866. The third kappa shape index (κ3) is 1.78. The van der Waals surface area contributed by atoms with Gasteiger partial charge in [0.25, 0.3) is 0 Å². The number of nitrogen functional groups attached to an aromatic ring is 1. The number of nitrogens with zero attached hydrogens (tertiary/aromatic N) is 2. The highest BCUT2D eigenvalue weighted by atomic mass is 79.9. The zero-order chi connectivity index (χ0) is 10.1. The molecule has 0 aliphatic carbocycles. The van der Waals surface area contributed by atoms with E-state index in [1.807, 2.05) is 25.1 Å². The fraction of sp³-hybridized carbons (Fsp3) is 0.111. The van der Waals surface area contributed by atoms with E-state index in [2.05, 4.69) is 26.1 Å². The Morgan fingerprint density at radius 2 is 2.14 bits per heavy atom. The van der Waals surface area contributed by atoms with E-state index >= 15 is 0 Å². The molecular weight excluding hydrogens is 262 g/mol. The second-order valence-corrected chi connectivity index (χ2v) is 4.77. The van der Waals surface area contributed by atoms with Crippen LogP contribution in [0.2, 0.25) is 0 Å². The fourth-order valence-electron chi connectivity index (χ4n) is 1.08. The summed E-state index contributed by atoms with van der Waals surface area (Å²) >= 11 is 4.87. The van der Waals surface area contributed by atoms with Gasteiger partial charge < -0.3 is 5.73 Å². The summed E-state index contributed by atoms with van der Waals surface area (Å²) in [7, 11) is 0. The van der Waals surface area contributed by atoms with Crippen molar-refractivity contribution in [3.63, 3.8) is 0 Å². The normalized spacial score (nSPS) is 10.4. The van der Waals surface area contributed by atoms with Crippen molar-refractivity contribution in [1.29, 1.82) is 0 Å². The van der Waals surface area contributed by atoms with Gasteiger partial charge in [0.1, 0.15) is 5.01 Å². The average Bonchev–Trinajstić information content (AvgIpc) is 2.57. The van der Waals surface area contributed by atoms with Gasteiger partial charge in [-0.25, -0.2) is 0 Å². The molecule has 1 heterocycles. The molecule has 0 unspecified atom stereocenters. The summed E-state index contributed by atoms with van der Waals surface area (Å²) in [4.78, 5) is 0. The molecule has 3 nitrogen and oxygen atoms in total. The van der Waals surface area contributed by atoms with Crippen LogP contribution in [-0.2, 0) is 0 Å². The van der Waals surface area contributed by atoms with Gasteiger partial charge in [-0.05, 0) is 18.6 Å². The Labute approximate surface area is 94.1 Å². The van der Waals surface area contributed by atoms with Crippen molar-refractivity contribution < 1.29 is 0 Å². The number of rotatable bonds is 1. The Hall–Kier alpha value is -0.940. The number of nitrogens with two attached hydrogens (primary N) is 1. The van der Waals surface area contributed by atoms with Crippen molar-refractivity contribution in [3.05, 3.63) is 28.2 Å². The van der Waals surface area contributed by atoms with Gasteiger partial charge in [-0.2, -0.15) is 0 Å². The maximum absolute atomic E-state index is 5.52. The molecule has 0 bridgehead atoms. The van der Waals surface area contributed by atoms with Crippen LogP contribution in [0.4, 0.5) is 5.13 Å². The summed E-state index contributed by atoms with van der Waals surface area (Å²) in [5, 5.41) is 9.10. The lowest BCUT2D eigenvalue weighted by molar-refractivity contribution is 1.10. The van der Waals surface area contributed by atoms with Gasteiger partial charge in [0.2, 0.25) is 5.13 Å². The van der Waals surface area contributed by atoms with Crippen LogP contribution in [0, 0.1) is 6.92 Å². The average molecular weight is 270 g/mol. The predicted molar refractivity (Wildman–Crippen MR) is 62.2 cm³/mol. The lowest BCUT2D eigenvalue weighted by Crippen LogP contribution is -1.81. The number of hydrogen-bond donors (Lipinski definition) is 1. The highest BCUT2D eigenvalue weighted by Crippen LogP contribution is 2.28. The molecule has 0 saturated heterocycles. The molecule has 0 fully saturated rings. The van der Waals surface area contributed by atoms with E-state index in [1.54, 1.807) is 0 Å². The van der Waals surface area contributed by atoms with Crippen molar-refractivity contribution >= 4 is 32.4 Å². The number of benzene rings is 1. The van der Waals surface area contributed by atoms with Crippen molar-refractivity contribution in [2.45, 2.75) is 6.92 Å². The van der Waals surface area contributed by atoms with E-state index in [4.69, 9.17) is 5.73 Å². The molecular formula is C9H8BrN3S. The Balaban J connectivity index is 2.47. The molecule has 1 aromatic heterocycles. The third-order valence-electron chi connectivity index (χ3n) is 1.86. The van der Waals surface area contributed by atoms with Gasteiger partial charge in [0.15, 0.2) is 0 Å². The maximum atomic E-state index is 5.52. The van der Waals surface area contributed by atoms with Crippen LogP contribution in [0.15, 0.2) is 22.7 Å². The second kappa shape index (κ2) is 3.67. The molecule has 0 amide bonds. The van der Waals surface area contributed by atoms with Crippen LogP contribution in [0.5, 0.6) is 0 Å². The Morgan fingerprint density at radius 1 is 1.36 bits per heavy atom. The second-order valence-electron chi connectivity index (χ2n) is 2.91. The summed E-state index contributed by atoms with van der Waals surface area (Å²) in [6.07, 6.45) is 0. The number of anilines is 1. The van der Waals surface area contributed by atoms with E-state index in [0.29, 0.717) is 5.13 Å². The number of aryl methyl sites for hydroxylation is 1. The molecule has 2 rings (SSSR count). The first-order chi connectivity index (χ1) is 6.66. The Kier molecular flexibility index (Phi) is 2.52. The molecule has 0 radical (unpaired) electrons. The van der Waals surface area contributed by atoms with Crippen molar-refractivity contribution in [2.24, 2.45) is 0 Å². The molecule has 14 heavy (non-hydrogen) atoms. The minimum absolute atomic E-state index is 0.497. The van der Waals surface area contributed by atoms with Crippen molar-refractivity contribution in [2.75, 3.05) is 5.73 Å². The van der Waals surface area contributed by atoms with Crippen LogP contribution < -0.4 is 5.73 Å². The highest BCUT2D eigenvalue weighted by molar-refractivity contribution is 9.10. The standard InChI is InChI=1S/C9H8BrN3S/c1-5-2-3-6(4-7(5)10)8-12-13-9(11)14-8/h2-4H,1H3,(H2,11,13). The summed E-state index contributed by atoms with van der Waals surface area (Å²) in [5.74, 6) is 0. The van der Waals surface area contributed by atoms with Crippen LogP contribution in [-0.4, -0.2) is 10.2 Å². The molecule has 72 valence electrons. The summed E-state index contributed by atoms with van der Waals surface area (Å²) in [5.41, 5.74) is 7.76. The van der Waals surface area contributed by atoms with E-state index in [1.165, 1.54) is 16.9 Å². The van der Waals surface area contributed by atoms with Gasteiger partial charge in [-0.15, -0.1) is 10.2 Å². The lowest BCUT2D eigenvalue weighted by Gasteiger charge is -1.99. The van der Waals surface area contributed by atoms with Gasteiger partial charge in [-0.1, -0.05) is 39.4 Å². The summed E-state index contributed by atoms with van der Waals surface area (Å²) in [6.45, 7) is 2.04. The smallest absolute Gasteiger partial charge is 0.203 e. The monoisotopic (exact) mass is 269 g/mol. The van der Waals surface area contributed by atoms with E-state index in [0.717, 1.165) is 15.0 Å². The lowest BCUT2D eigenvalue weighted by atomic mass is 10.2. The van der Waals surface area contributed by atoms with Crippen LogP contribution in [0.25, 0.3) is 10.6 Å². The molecule has 0 aliphatic rings.